The van der Waals surface area contributed by atoms with E-state index in [2.05, 4.69) is 19.1 Å². The summed E-state index contributed by atoms with van der Waals surface area (Å²) in [5.41, 5.74) is 1.21. The summed E-state index contributed by atoms with van der Waals surface area (Å²) < 4.78 is 16.7. The Kier molecular flexibility index (Phi) is 13.1. The molecule has 0 atom stereocenters. The molecule has 3 nitrogen and oxygen atoms in total. The third-order valence-electron chi connectivity index (χ3n) is 3.45. The highest BCUT2D eigenvalue weighted by molar-refractivity contribution is 5.13. The second-order valence-corrected chi connectivity index (χ2v) is 5.53. The van der Waals surface area contributed by atoms with Gasteiger partial charge in [-0.25, -0.2) is 0 Å². The lowest BCUT2D eigenvalue weighted by atomic mass is 10.2. The molecule has 0 radical (unpaired) electrons. The van der Waals surface area contributed by atoms with E-state index < -0.39 is 0 Å². The Morgan fingerprint density at radius 1 is 0.636 bits per heavy atom. The number of ether oxygens (including phenoxy) is 3. The molecular formula is C19H32O3. The SMILES string of the molecule is CCCCCOCCCCCOCCOCc1ccccc1. The average molecular weight is 308 g/mol. The van der Waals surface area contributed by atoms with Crippen molar-refractivity contribution in [2.75, 3.05) is 33.0 Å². The van der Waals surface area contributed by atoms with Crippen LogP contribution in [0, 0.1) is 0 Å². The van der Waals surface area contributed by atoms with Gasteiger partial charge in [-0.15, -0.1) is 0 Å². The predicted molar refractivity (Wildman–Crippen MR) is 91.1 cm³/mol. The van der Waals surface area contributed by atoms with E-state index >= 15 is 0 Å². The van der Waals surface area contributed by atoms with E-state index in [9.17, 15) is 0 Å². The standard InChI is InChI=1S/C19H32O3/c1-2-3-8-13-20-14-9-5-10-15-21-16-17-22-18-19-11-6-4-7-12-19/h4,6-7,11-12H,2-3,5,8-10,13-18H2,1H3. The predicted octanol–water partition coefficient (Wildman–Crippen LogP) is 4.60. The van der Waals surface area contributed by atoms with Crippen molar-refractivity contribution in [1.29, 1.82) is 0 Å². The van der Waals surface area contributed by atoms with Crippen LogP contribution >= 0.6 is 0 Å². The summed E-state index contributed by atoms with van der Waals surface area (Å²) in [7, 11) is 0. The summed E-state index contributed by atoms with van der Waals surface area (Å²) in [5.74, 6) is 0. The van der Waals surface area contributed by atoms with Crippen LogP contribution in [0.25, 0.3) is 0 Å². The summed E-state index contributed by atoms with van der Waals surface area (Å²) in [6.07, 6.45) is 7.16. The zero-order chi connectivity index (χ0) is 15.7. The molecule has 0 spiro atoms. The first-order valence-electron chi connectivity index (χ1n) is 8.70. The van der Waals surface area contributed by atoms with E-state index in [1.165, 1.54) is 31.2 Å². The Balaban J connectivity index is 1.73. The van der Waals surface area contributed by atoms with Crippen molar-refractivity contribution in [3.8, 4) is 0 Å². The van der Waals surface area contributed by atoms with Crippen LogP contribution in [-0.2, 0) is 20.8 Å². The van der Waals surface area contributed by atoms with Gasteiger partial charge in [-0.2, -0.15) is 0 Å². The Morgan fingerprint density at radius 2 is 1.23 bits per heavy atom. The van der Waals surface area contributed by atoms with Gasteiger partial charge in [0.15, 0.2) is 0 Å². The fraction of sp³-hybridized carbons (Fsp3) is 0.684. The Labute approximate surface area is 136 Å². The Bertz CT molecular complexity index is 327. The molecule has 126 valence electrons. The molecule has 0 saturated carbocycles. The normalized spacial score (nSPS) is 11.0. The average Bonchev–Trinajstić information content (AvgIpc) is 2.56. The van der Waals surface area contributed by atoms with Crippen molar-refractivity contribution >= 4 is 0 Å². The van der Waals surface area contributed by atoms with Gasteiger partial charge in [-0.05, 0) is 31.2 Å². The molecule has 0 aliphatic heterocycles. The van der Waals surface area contributed by atoms with Crippen molar-refractivity contribution < 1.29 is 14.2 Å². The molecule has 0 aliphatic carbocycles. The molecule has 0 amide bonds. The van der Waals surface area contributed by atoms with E-state index in [1.807, 2.05) is 18.2 Å². The fourth-order valence-electron chi connectivity index (χ4n) is 2.13. The van der Waals surface area contributed by atoms with Gasteiger partial charge in [0.05, 0.1) is 19.8 Å². The van der Waals surface area contributed by atoms with E-state index in [-0.39, 0.29) is 0 Å². The first kappa shape index (κ1) is 19.1. The number of rotatable bonds is 15. The highest BCUT2D eigenvalue weighted by Gasteiger charge is 1.94. The molecule has 0 unspecified atom stereocenters. The quantitative estimate of drug-likeness (QED) is 0.443. The van der Waals surface area contributed by atoms with Gasteiger partial charge < -0.3 is 14.2 Å². The third kappa shape index (κ3) is 11.7. The maximum absolute atomic E-state index is 5.58. The molecule has 22 heavy (non-hydrogen) atoms. The number of unbranched alkanes of at least 4 members (excludes halogenated alkanes) is 4. The molecule has 0 fully saturated rings. The lowest BCUT2D eigenvalue weighted by Gasteiger charge is -2.06. The van der Waals surface area contributed by atoms with Crippen LogP contribution in [0.2, 0.25) is 0 Å². The summed E-state index contributed by atoms with van der Waals surface area (Å²) in [5, 5.41) is 0. The largest absolute Gasteiger partial charge is 0.381 e. The second kappa shape index (κ2) is 15.0. The molecule has 0 aliphatic rings. The maximum Gasteiger partial charge on any atom is 0.0718 e. The van der Waals surface area contributed by atoms with Gasteiger partial charge in [0.2, 0.25) is 0 Å². The minimum atomic E-state index is 0.662. The lowest BCUT2D eigenvalue weighted by Crippen LogP contribution is -2.05. The van der Waals surface area contributed by atoms with E-state index in [0.29, 0.717) is 19.8 Å². The van der Waals surface area contributed by atoms with Gasteiger partial charge in [-0.1, -0.05) is 50.1 Å². The monoisotopic (exact) mass is 308 g/mol. The van der Waals surface area contributed by atoms with Crippen LogP contribution in [0.3, 0.4) is 0 Å². The lowest BCUT2D eigenvalue weighted by molar-refractivity contribution is 0.0385. The van der Waals surface area contributed by atoms with Gasteiger partial charge in [-0.3, -0.25) is 0 Å². The first-order chi connectivity index (χ1) is 10.9. The van der Waals surface area contributed by atoms with Crippen LogP contribution in [-0.4, -0.2) is 33.0 Å². The van der Waals surface area contributed by atoms with Gasteiger partial charge in [0.1, 0.15) is 0 Å². The van der Waals surface area contributed by atoms with Crippen molar-refractivity contribution in [2.45, 2.75) is 52.1 Å². The number of hydrogen-bond acceptors (Lipinski definition) is 3. The molecule has 0 heterocycles. The number of hydrogen-bond donors (Lipinski definition) is 0. The minimum Gasteiger partial charge on any atom is -0.381 e. The van der Waals surface area contributed by atoms with Crippen molar-refractivity contribution in [2.24, 2.45) is 0 Å². The van der Waals surface area contributed by atoms with Crippen LogP contribution in [0.15, 0.2) is 30.3 Å². The fourth-order valence-corrected chi connectivity index (χ4v) is 2.13. The summed E-state index contributed by atoms with van der Waals surface area (Å²) in [6.45, 7) is 6.86. The molecule has 1 aromatic rings. The zero-order valence-corrected chi connectivity index (χ0v) is 14.1. The molecular weight excluding hydrogens is 276 g/mol. The van der Waals surface area contributed by atoms with Crippen LogP contribution in [0.4, 0.5) is 0 Å². The topological polar surface area (TPSA) is 27.7 Å². The van der Waals surface area contributed by atoms with Crippen LogP contribution in [0.1, 0.15) is 51.0 Å². The molecule has 3 heteroatoms. The Morgan fingerprint density at radius 3 is 1.91 bits per heavy atom. The minimum absolute atomic E-state index is 0.662. The Hall–Kier alpha value is -0.900. The molecule has 0 N–H and O–H groups in total. The zero-order valence-electron chi connectivity index (χ0n) is 14.1. The summed E-state index contributed by atoms with van der Waals surface area (Å²) in [6, 6.07) is 10.2. The van der Waals surface area contributed by atoms with Gasteiger partial charge in [0.25, 0.3) is 0 Å². The van der Waals surface area contributed by atoms with Crippen LogP contribution in [0.5, 0.6) is 0 Å². The highest BCUT2D eigenvalue weighted by Crippen LogP contribution is 2.01. The van der Waals surface area contributed by atoms with E-state index in [1.54, 1.807) is 0 Å². The van der Waals surface area contributed by atoms with E-state index in [4.69, 9.17) is 14.2 Å². The van der Waals surface area contributed by atoms with Crippen molar-refractivity contribution in [3.05, 3.63) is 35.9 Å². The van der Waals surface area contributed by atoms with Crippen LogP contribution < -0.4 is 0 Å². The first-order valence-corrected chi connectivity index (χ1v) is 8.70. The smallest absolute Gasteiger partial charge is 0.0718 e. The highest BCUT2D eigenvalue weighted by atomic mass is 16.5. The maximum atomic E-state index is 5.58. The van der Waals surface area contributed by atoms with Crippen molar-refractivity contribution in [3.63, 3.8) is 0 Å². The molecule has 1 aromatic carbocycles. The third-order valence-corrected chi connectivity index (χ3v) is 3.45. The van der Waals surface area contributed by atoms with Gasteiger partial charge in [0, 0.05) is 19.8 Å². The second-order valence-electron chi connectivity index (χ2n) is 5.53. The van der Waals surface area contributed by atoms with Gasteiger partial charge >= 0.3 is 0 Å². The molecule has 0 aromatic heterocycles. The van der Waals surface area contributed by atoms with Crippen molar-refractivity contribution in [1.82, 2.24) is 0 Å². The van der Waals surface area contributed by atoms with E-state index in [0.717, 1.165) is 32.7 Å². The summed E-state index contributed by atoms with van der Waals surface area (Å²) in [4.78, 5) is 0. The molecule has 0 bridgehead atoms. The number of benzene rings is 1. The molecule has 0 saturated heterocycles. The molecule has 1 rings (SSSR count). The summed E-state index contributed by atoms with van der Waals surface area (Å²) >= 11 is 0.